The first-order valence-corrected chi connectivity index (χ1v) is 9.16. The molecule has 2 aromatic rings. The van der Waals surface area contributed by atoms with Gasteiger partial charge in [-0.05, 0) is 55.2 Å². The number of rotatable bonds is 8. The third-order valence-electron chi connectivity index (χ3n) is 4.54. The molecule has 0 aliphatic carbocycles. The molecular weight excluding hydrogens is 296 g/mol. The van der Waals surface area contributed by atoms with Gasteiger partial charge in [-0.2, -0.15) is 0 Å². The number of ether oxygens (including phenoxy) is 1. The molecule has 3 rings (SSSR count). The summed E-state index contributed by atoms with van der Waals surface area (Å²) in [5.41, 5.74) is 4.05. The molecule has 0 aromatic heterocycles. The minimum absolute atomic E-state index is 0.803. The van der Waals surface area contributed by atoms with Gasteiger partial charge in [0.15, 0.2) is 0 Å². The van der Waals surface area contributed by atoms with Gasteiger partial charge in [0.1, 0.15) is 5.75 Å². The number of nitrogens with zero attached hydrogens (tertiary/aromatic N) is 1. The Bertz CT molecular complexity index is 624. The molecule has 0 fully saturated rings. The van der Waals surface area contributed by atoms with Crippen LogP contribution in [0.15, 0.2) is 48.5 Å². The number of hydrogen-bond acceptors (Lipinski definition) is 3. The second-order valence-electron chi connectivity index (χ2n) is 6.37. The van der Waals surface area contributed by atoms with E-state index in [4.69, 9.17) is 4.74 Å². The molecule has 1 N–H and O–H groups in total. The summed E-state index contributed by atoms with van der Waals surface area (Å²) < 4.78 is 5.70. The van der Waals surface area contributed by atoms with Gasteiger partial charge >= 0.3 is 0 Å². The van der Waals surface area contributed by atoms with Crippen molar-refractivity contribution < 1.29 is 4.74 Å². The molecule has 0 radical (unpaired) electrons. The van der Waals surface area contributed by atoms with E-state index in [0.717, 1.165) is 44.1 Å². The van der Waals surface area contributed by atoms with Crippen LogP contribution in [0.4, 0.5) is 11.4 Å². The first-order valence-electron chi connectivity index (χ1n) is 9.16. The van der Waals surface area contributed by atoms with Gasteiger partial charge in [0.25, 0.3) is 0 Å². The molecule has 0 spiro atoms. The molecule has 2 aromatic carbocycles. The predicted octanol–water partition coefficient (Wildman–Crippen LogP) is 4.73. The Morgan fingerprint density at radius 3 is 2.75 bits per heavy atom. The second kappa shape index (κ2) is 8.62. The smallest absolute Gasteiger partial charge is 0.119 e. The van der Waals surface area contributed by atoms with Crippen molar-refractivity contribution in [3.63, 3.8) is 0 Å². The molecule has 3 heteroatoms. The monoisotopic (exact) mass is 324 g/mol. The average molecular weight is 324 g/mol. The van der Waals surface area contributed by atoms with Crippen LogP contribution in [0.3, 0.4) is 0 Å². The van der Waals surface area contributed by atoms with Crippen LogP contribution in [-0.4, -0.2) is 26.2 Å². The topological polar surface area (TPSA) is 24.5 Å². The molecule has 0 bridgehead atoms. The molecule has 0 amide bonds. The zero-order valence-electron chi connectivity index (χ0n) is 14.6. The maximum atomic E-state index is 5.70. The minimum atomic E-state index is 0.803. The van der Waals surface area contributed by atoms with Crippen LogP contribution >= 0.6 is 0 Å². The van der Waals surface area contributed by atoms with Gasteiger partial charge in [-0.3, -0.25) is 0 Å². The molecule has 0 saturated heterocycles. The van der Waals surface area contributed by atoms with Crippen molar-refractivity contribution in [3.05, 3.63) is 54.1 Å². The fraction of sp³-hybridized carbons (Fsp3) is 0.429. The van der Waals surface area contributed by atoms with Gasteiger partial charge in [-0.1, -0.05) is 31.5 Å². The Morgan fingerprint density at radius 1 is 1.08 bits per heavy atom. The maximum absolute atomic E-state index is 5.70. The summed E-state index contributed by atoms with van der Waals surface area (Å²) in [5, 5.41) is 3.52. The van der Waals surface area contributed by atoms with E-state index >= 15 is 0 Å². The third-order valence-corrected chi connectivity index (χ3v) is 4.54. The SMILES string of the molecule is CCCCOc1ccc(NCCN2CCCc3ccccc32)cc1. The van der Waals surface area contributed by atoms with E-state index in [2.05, 4.69) is 53.5 Å². The van der Waals surface area contributed by atoms with Crippen LogP contribution in [0.2, 0.25) is 0 Å². The average Bonchev–Trinajstić information content (AvgIpc) is 2.63. The molecule has 0 atom stereocenters. The lowest BCUT2D eigenvalue weighted by Gasteiger charge is -2.31. The first-order chi connectivity index (χ1) is 11.9. The van der Waals surface area contributed by atoms with Crippen LogP contribution in [0.5, 0.6) is 5.75 Å². The van der Waals surface area contributed by atoms with Crippen molar-refractivity contribution in [2.24, 2.45) is 0 Å². The van der Waals surface area contributed by atoms with E-state index in [9.17, 15) is 0 Å². The van der Waals surface area contributed by atoms with Crippen LogP contribution in [0.25, 0.3) is 0 Å². The van der Waals surface area contributed by atoms with Gasteiger partial charge in [0.2, 0.25) is 0 Å². The van der Waals surface area contributed by atoms with Crippen molar-refractivity contribution in [1.29, 1.82) is 0 Å². The fourth-order valence-electron chi connectivity index (χ4n) is 3.18. The minimum Gasteiger partial charge on any atom is -0.494 e. The second-order valence-corrected chi connectivity index (χ2v) is 6.37. The zero-order chi connectivity index (χ0) is 16.6. The summed E-state index contributed by atoms with van der Waals surface area (Å²) in [6.07, 6.45) is 4.73. The largest absolute Gasteiger partial charge is 0.494 e. The van der Waals surface area contributed by atoms with Crippen LogP contribution in [-0.2, 0) is 6.42 Å². The quantitative estimate of drug-likeness (QED) is 0.710. The van der Waals surface area contributed by atoms with Gasteiger partial charge < -0.3 is 15.0 Å². The third kappa shape index (κ3) is 4.44. The summed E-state index contributed by atoms with van der Waals surface area (Å²) in [6, 6.07) is 17.1. The van der Waals surface area contributed by atoms with E-state index in [1.165, 1.54) is 30.5 Å². The lowest BCUT2D eigenvalue weighted by molar-refractivity contribution is 0.309. The summed E-state index contributed by atoms with van der Waals surface area (Å²) in [4.78, 5) is 2.49. The summed E-state index contributed by atoms with van der Waals surface area (Å²) in [7, 11) is 0. The Labute approximate surface area is 145 Å². The number of hydrogen-bond donors (Lipinski definition) is 1. The molecule has 0 unspecified atom stereocenters. The molecular formula is C21H28N2O. The van der Waals surface area contributed by atoms with Gasteiger partial charge in [0.05, 0.1) is 6.61 Å². The Balaban J connectivity index is 1.47. The Hall–Kier alpha value is -2.16. The Kier molecular flexibility index (Phi) is 6.00. The molecule has 1 aliphatic rings. The van der Waals surface area contributed by atoms with Crippen molar-refractivity contribution >= 4 is 11.4 Å². The molecule has 1 heterocycles. The Morgan fingerprint density at radius 2 is 1.92 bits per heavy atom. The molecule has 24 heavy (non-hydrogen) atoms. The van der Waals surface area contributed by atoms with E-state index in [1.807, 2.05) is 12.1 Å². The van der Waals surface area contributed by atoms with E-state index in [0.29, 0.717) is 0 Å². The number of para-hydroxylation sites is 1. The van der Waals surface area contributed by atoms with Crippen LogP contribution in [0.1, 0.15) is 31.7 Å². The standard InChI is InChI=1S/C21H28N2O/c1-2-3-17-24-20-12-10-19(11-13-20)22-14-16-23-15-6-8-18-7-4-5-9-21(18)23/h4-5,7,9-13,22H,2-3,6,8,14-17H2,1H3. The predicted molar refractivity (Wildman–Crippen MR) is 102 cm³/mol. The number of fused-ring (bicyclic) bond motifs is 1. The molecule has 0 saturated carbocycles. The van der Waals surface area contributed by atoms with Gasteiger partial charge in [0, 0.05) is 31.0 Å². The summed E-state index contributed by atoms with van der Waals surface area (Å²) in [6.45, 7) is 6.12. The van der Waals surface area contributed by atoms with Crippen LogP contribution in [0, 0.1) is 0 Å². The van der Waals surface area contributed by atoms with Crippen molar-refractivity contribution in [1.82, 2.24) is 0 Å². The fourth-order valence-corrected chi connectivity index (χ4v) is 3.18. The maximum Gasteiger partial charge on any atom is 0.119 e. The highest BCUT2D eigenvalue weighted by molar-refractivity contribution is 5.55. The molecule has 3 nitrogen and oxygen atoms in total. The normalized spacial score (nSPS) is 13.5. The van der Waals surface area contributed by atoms with Gasteiger partial charge in [-0.25, -0.2) is 0 Å². The van der Waals surface area contributed by atoms with Crippen molar-refractivity contribution in [2.45, 2.75) is 32.6 Å². The number of unbranched alkanes of at least 4 members (excludes halogenated alkanes) is 1. The number of aryl methyl sites for hydroxylation is 1. The number of nitrogens with one attached hydrogen (secondary N) is 1. The number of anilines is 2. The van der Waals surface area contributed by atoms with Crippen molar-refractivity contribution in [3.8, 4) is 5.75 Å². The zero-order valence-corrected chi connectivity index (χ0v) is 14.6. The lowest BCUT2D eigenvalue weighted by atomic mass is 10.0. The lowest BCUT2D eigenvalue weighted by Crippen LogP contribution is -2.33. The highest BCUT2D eigenvalue weighted by Gasteiger charge is 2.15. The van der Waals surface area contributed by atoms with E-state index < -0.39 is 0 Å². The molecule has 1 aliphatic heterocycles. The van der Waals surface area contributed by atoms with Gasteiger partial charge in [-0.15, -0.1) is 0 Å². The highest BCUT2D eigenvalue weighted by Crippen LogP contribution is 2.26. The highest BCUT2D eigenvalue weighted by atomic mass is 16.5. The summed E-state index contributed by atoms with van der Waals surface area (Å²) >= 11 is 0. The van der Waals surface area contributed by atoms with Crippen molar-refractivity contribution in [2.75, 3.05) is 36.5 Å². The number of benzene rings is 2. The summed E-state index contributed by atoms with van der Waals surface area (Å²) in [5.74, 6) is 0.957. The van der Waals surface area contributed by atoms with E-state index in [1.54, 1.807) is 0 Å². The molecule has 128 valence electrons. The first kappa shape index (κ1) is 16.7. The van der Waals surface area contributed by atoms with Crippen LogP contribution < -0.4 is 15.0 Å². The van der Waals surface area contributed by atoms with E-state index in [-0.39, 0.29) is 0 Å².